The van der Waals surface area contributed by atoms with Gasteiger partial charge >= 0.3 is 0 Å². The maximum Gasteiger partial charge on any atom is 0.168 e. The van der Waals surface area contributed by atoms with Gasteiger partial charge in [0.2, 0.25) is 0 Å². The monoisotopic (exact) mass is 269 g/mol. The van der Waals surface area contributed by atoms with Crippen molar-refractivity contribution in [3.63, 3.8) is 0 Å². The van der Waals surface area contributed by atoms with Gasteiger partial charge in [-0.05, 0) is 24.4 Å². The molecular weight excluding hydrogens is 250 g/mol. The summed E-state index contributed by atoms with van der Waals surface area (Å²) in [7, 11) is 0. The first-order valence-corrected chi connectivity index (χ1v) is 7.48. The van der Waals surface area contributed by atoms with Gasteiger partial charge in [-0.2, -0.15) is 0 Å². The molecule has 1 aromatic rings. The summed E-state index contributed by atoms with van der Waals surface area (Å²) in [6.07, 6.45) is 6.05. The van der Waals surface area contributed by atoms with Crippen molar-refractivity contribution in [2.24, 2.45) is 0 Å². The molecule has 1 atom stereocenters. The van der Waals surface area contributed by atoms with E-state index in [1.165, 1.54) is 30.8 Å². The van der Waals surface area contributed by atoms with Gasteiger partial charge in [-0.25, -0.2) is 0 Å². The van der Waals surface area contributed by atoms with E-state index in [-0.39, 0.29) is 11.9 Å². The average Bonchev–Trinajstić information content (AvgIpc) is 3.02. The van der Waals surface area contributed by atoms with Crippen molar-refractivity contribution in [2.75, 3.05) is 13.2 Å². The lowest BCUT2D eigenvalue weighted by Crippen LogP contribution is -2.35. The number of rotatable bonds is 4. The predicted octanol–water partition coefficient (Wildman–Crippen LogP) is 1.70. The molecule has 6 heteroatoms. The molecule has 0 amide bonds. The van der Waals surface area contributed by atoms with E-state index in [0.717, 1.165) is 31.6 Å². The third kappa shape index (κ3) is 2.88. The fourth-order valence-electron chi connectivity index (χ4n) is 2.69. The molecule has 1 N–H and O–H groups in total. The Morgan fingerprint density at radius 3 is 3.06 bits per heavy atom. The molecule has 1 saturated carbocycles. The minimum atomic E-state index is -0.257. The molecule has 100 valence electrons. The molecule has 1 saturated heterocycles. The summed E-state index contributed by atoms with van der Waals surface area (Å²) in [5.74, 6) is -0.257. The highest BCUT2D eigenvalue weighted by molar-refractivity contribution is 7.03. The van der Waals surface area contributed by atoms with Gasteiger partial charge in [-0.1, -0.05) is 10.9 Å². The van der Waals surface area contributed by atoms with Crippen LogP contribution in [0.4, 0.5) is 0 Å². The van der Waals surface area contributed by atoms with Crippen molar-refractivity contribution in [1.29, 1.82) is 0 Å². The van der Waals surface area contributed by atoms with Crippen molar-refractivity contribution in [3.05, 3.63) is 11.1 Å². The summed E-state index contributed by atoms with van der Waals surface area (Å²) in [5.41, 5.74) is 0.992. The largest absolute Gasteiger partial charge is 0.347 e. The summed E-state index contributed by atoms with van der Waals surface area (Å²) in [6.45, 7) is 2.28. The number of hydrogen-bond donors (Lipinski definition) is 1. The first kappa shape index (κ1) is 12.5. The second-order valence-electron chi connectivity index (χ2n) is 5.05. The van der Waals surface area contributed by atoms with Crippen molar-refractivity contribution in [1.82, 2.24) is 14.9 Å². The molecule has 1 aliphatic carbocycles. The van der Waals surface area contributed by atoms with Gasteiger partial charge in [0.1, 0.15) is 0 Å². The van der Waals surface area contributed by atoms with Crippen LogP contribution in [0.3, 0.4) is 0 Å². The highest BCUT2D eigenvalue weighted by Crippen LogP contribution is 2.37. The highest BCUT2D eigenvalue weighted by Gasteiger charge is 2.41. The van der Waals surface area contributed by atoms with Crippen LogP contribution in [0.15, 0.2) is 5.38 Å². The fourth-order valence-corrected chi connectivity index (χ4v) is 3.14. The minimum Gasteiger partial charge on any atom is -0.347 e. The molecule has 2 aliphatic rings. The maximum absolute atomic E-state index is 6.09. The molecule has 0 radical (unpaired) electrons. The molecule has 0 bridgehead atoms. The Bertz CT molecular complexity index is 365. The molecule has 0 unspecified atom stereocenters. The lowest BCUT2D eigenvalue weighted by molar-refractivity contribution is -0.186. The smallest absolute Gasteiger partial charge is 0.168 e. The molecule has 1 spiro atoms. The highest BCUT2D eigenvalue weighted by atomic mass is 32.1. The molecular formula is C12H19N3O2S. The number of aromatic nitrogens is 2. The van der Waals surface area contributed by atoms with E-state index in [4.69, 9.17) is 9.47 Å². The van der Waals surface area contributed by atoms with Gasteiger partial charge in [-0.15, -0.1) is 5.10 Å². The standard InChI is InChI=1S/C12H19N3O2S/c1-2-4-12(5-3-1)16-8-11(17-12)7-13-6-10-9-18-15-14-10/h9,11,13H,1-8H2/t11-/m0/s1. The quantitative estimate of drug-likeness (QED) is 0.901. The Labute approximate surface area is 111 Å². The van der Waals surface area contributed by atoms with E-state index < -0.39 is 0 Å². The molecule has 2 fully saturated rings. The van der Waals surface area contributed by atoms with Gasteiger partial charge in [0.15, 0.2) is 5.79 Å². The topological polar surface area (TPSA) is 56.3 Å². The van der Waals surface area contributed by atoms with Crippen molar-refractivity contribution < 1.29 is 9.47 Å². The van der Waals surface area contributed by atoms with Crippen LogP contribution in [0.25, 0.3) is 0 Å². The Kier molecular flexibility index (Phi) is 3.88. The molecule has 18 heavy (non-hydrogen) atoms. The van der Waals surface area contributed by atoms with Crippen LogP contribution < -0.4 is 5.32 Å². The third-order valence-electron chi connectivity index (χ3n) is 3.61. The van der Waals surface area contributed by atoms with E-state index in [1.54, 1.807) is 0 Å². The van der Waals surface area contributed by atoms with Crippen LogP contribution in [0.5, 0.6) is 0 Å². The second-order valence-corrected chi connectivity index (χ2v) is 5.66. The summed E-state index contributed by atoms with van der Waals surface area (Å²) in [6, 6.07) is 0. The Balaban J connectivity index is 1.42. The molecule has 5 nitrogen and oxygen atoms in total. The normalized spacial score (nSPS) is 26.8. The van der Waals surface area contributed by atoms with Crippen LogP contribution in [0, 0.1) is 0 Å². The van der Waals surface area contributed by atoms with Gasteiger partial charge in [-0.3, -0.25) is 0 Å². The van der Waals surface area contributed by atoms with Crippen LogP contribution in [0.2, 0.25) is 0 Å². The molecule has 0 aromatic carbocycles. The van der Waals surface area contributed by atoms with Crippen LogP contribution in [-0.2, 0) is 16.0 Å². The van der Waals surface area contributed by atoms with Gasteiger partial charge < -0.3 is 14.8 Å². The Morgan fingerprint density at radius 1 is 1.39 bits per heavy atom. The molecule has 1 aromatic heterocycles. The van der Waals surface area contributed by atoms with Crippen molar-refractivity contribution >= 4 is 11.5 Å². The summed E-state index contributed by atoms with van der Waals surface area (Å²) in [5, 5.41) is 9.31. The van der Waals surface area contributed by atoms with E-state index >= 15 is 0 Å². The van der Waals surface area contributed by atoms with E-state index in [1.807, 2.05) is 5.38 Å². The van der Waals surface area contributed by atoms with Crippen LogP contribution in [-0.4, -0.2) is 34.6 Å². The number of nitrogens with zero attached hydrogens (tertiary/aromatic N) is 2. The zero-order valence-corrected chi connectivity index (χ0v) is 11.2. The Morgan fingerprint density at radius 2 is 2.28 bits per heavy atom. The van der Waals surface area contributed by atoms with E-state index in [0.29, 0.717) is 6.61 Å². The zero-order valence-electron chi connectivity index (χ0n) is 10.4. The van der Waals surface area contributed by atoms with Gasteiger partial charge in [0, 0.05) is 31.3 Å². The van der Waals surface area contributed by atoms with Crippen molar-refractivity contribution in [2.45, 2.75) is 50.5 Å². The number of nitrogens with one attached hydrogen (secondary N) is 1. The van der Waals surface area contributed by atoms with E-state index in [9.17, 15) is 0 Å². The summed E-state index contributed by atoms with van der Waals surface area (Å²) >= 11 is 1.38. The lowest BCUT2D eigenvalue weighted by Gasteiger charge is -2.31. The molecule has 1 aliphatic heterocycles. The maximum atomic E-state index is 6.09. The van der Waals surface area contributed by atoms with Crippen LogP contribution in [0.1, 0.15) is 37.8 Å². The molecule has 2 heterocycles. The minimum absolute atomic E-state index is 0.176. The van der Waals surface area contributed by atoms with Crippen LogP contribution >= 0.6 is 11.5 Å². The number of ether oxygens (including phenoxy) is 2. The third-order valence-corrected chi connectivity index (χ3v) is 4.17. The first-order valence-electron chi connectivity index (χ1n) is 6.65. The van der Waals surface area contributed by atoms with Gasteiger partial charge in [0.05, 0.1) is 18.4 Å². The first-order chi connectivity index (χ1) is 8.86. The summed E-state index contributed by atoms with van der Waals surface area (Å²) in [4.78, 5) is 0. The fraction of sp³-hybridized carbons (Fsp3) is 0.833. The lowest BCUT2D eigenvalue weighted by atomic mass is 9.94. The SMILES string of the molecule is c1snnc1CNC[C@H]1COC2(CCCCC2)O1. The van der Waals surface area contributed by atoms with Crippen molar-refractivity contribution in [3.8, 4) is 0 Å². The van der Waals surface area contributed by atoms with Gasteiger partial charge in [0.25, 0.3) is 0 Å². The molecule has 3 rings (SSSR count). The predicted molar refractivity (Wildman–Crippen MR) is 68.3 cm³/mol. The second kappa shape index (κ2) is 5.61. The average molecular weight is 269 g/mol. The number of hydrogen-bond acceptors (Lipinski definition) is 6. The Hall–Kier alpha value is -0.560. The summed E-state index contributed by atoms with van der Waals surface area (Å²) < 4.78 is 15.8. The zero-order chi connectivity index (χ0) is 12.3. The van der Waals surface area contributed by atoms with E-state index in [2.05, 4.69) is 14.9 Å².